The average molecular weight is 314 g/mol. The van der Waals surface area contributed by atoms with Gasteiger partial charge in [0.05, 0.1) is 9.98 Å². The Labute approximate surface area is 114 Å². The summed E-state index contributed by atoms with van der Waals surface area (Å²) in [5, 5.41) is 7.76. The Balaban J connectivity index is 1.96. The van der Waals surface area contributed by atoms with E-state index in [1.165, 1.54) is 19.9 Å². The van der Waals surface area contributed by atoms with E-state index in [9.17, 15) is 0 Å². The first-order valence-corrected chi connectivity index (χ1v) is 7.15. The third-order valence-electron chi connectivity index (χ3n) is 2.96. The number of aryl methyl sites for hydroxylation is 1. The van der Waals surface area contributed by atoms with E-state index in [4.69, 9.17) is 0 Å². The molecule has 17 heavy (non-hydrogen) atoms. The number of hydrogen-bond donors (Lipinski definition) is 1. The molecule has 0 bridgehead atoms. The predicted molar refractivity (Wildman–Crippen MR) is 75.2 cm³/mol. The van der Waals surface area contributed by atoms with Crippen molar-refractivity contribution >= 4 is 27.3 Å². The molecule has 1 unspecified atom stereocenters. The van der Waals surface area contributed by atoms with Crippen LogP contribution >= 0.6 is 27.3 Å². The van der Waals surface area contributed by atoms with Gasteiger partial charge < -0.3 is 5.32 Å². The molecule has 0 spiro atoms. The highest BCUT2D eigenvalue weighted by atomic mass is 79.9. The van der Waals surface area contributed by atoms with Gasteiger partial charge in [-0.1, -0.05) is 0 Å². The third kappa shape index (κ3) is 2.97. The van der Waals surface area contributed by atoms with Gasteiger partial charge in [-0.15, -0.1) is 11.3 Å². The molecule has 0 aromatic carbocycles. The minimum absolute atomic E-state index is 0.367. The van der Waals surface area contributed by atoms with Crippen LogP contribution in [-0.4, -0.2) is 9.78 Å². The number of rotatable bonds is 4. The summed E-state index contributed by atoms with van der Waals surface area (Å²) >= 11 is 5.26. The lowest BCUT2D eigenvalue weighted by molar-refractivity contribution is 0.580. The topological polar surface area (TPSA) is 29.9 Å². The fourth-order valence-electron chi connectivity index (χ4n) is 1.64. The van der Waals surface area contributed by atoms with Crippen LogP contribution in [0.5, 0.6) is 0 Å². The van der Waals surface area contributed by atoms with Crippen LogP contribution in [0.25, 0.3) is 0 Å². The Morgan fingerprint density at radius 3 is 2.82 bits per heavy atom. The average Bonchev–Trinajstić information content (AvgIpc) is 2.86. The van der Waals surface area contributed by atoms with Gasteiger partial charge in [0, 0.05) is 35.8 Å². The highest BCUT2D eigenvalue weighted by molar-refractivity contribution is 9.11. The van der Waals surface area contributed by atoms with Crippen molar-refractivity contribution < 1.29 is 0 Å². The van der Waals surface area contributed by atoms with Crippen LogP contribution in [0.3, 0.4) is 0 Å². The maximum Gasteiger partial charge on any atom is 0.0701 e. The molecular formula is C12H16BrN3S. The number of halogens is 1. The molecule has 2 aromatic heterocycles. The van der Waals surface area contributed by atoms with Crippen LogP contribution in [0.4, 0.5) is 0 Å². The summed E-state index contributed by atoms with van der Waals surface area (Å²) in [6, 6.07) is 4.61. The van der Waals surface area contributed by atoms with Gasteiger partial charge in [0.2, 0.25) is 0 Å². The van der Waals surface area contributed by atoms with Gasteiger partial charge in [0.1, 0.15) is 0 Å². The lowest BCUT2D eigenvalue weighted by Crippen LogP contribution is -2.17. The molecule has 2 aromatic rings. The first kappa shape index (κ1) is 12.8. The SMILES string of the molecule is Cc1c(CNC(C)c2ccc(Br)s2)cnn1C. The zero-order chi connectivity index (χ0) is 12.4. The Morgan fingerprint density at radius 1 is 1.53 bits per heavy atom. The molecule has 5 heteroatoms. The van der Waals surface area contributed by atoms with Crippen molar-refractivity contribution in [2.75, 3.05) is 0 Å². The van der Waals surface area contributed by atoms with E-state index in [2.05, 4.69) is 52.3 Å². The van der Waals surface area contributed by atoms with E-state index in [1.807, 2.05) is 17.9 Å². The van der Waals surface area contributed by atoms with Gasteiger partial charge >= 0.3 is 0 Å². The fraction of sp³-hybridized carbons (Fsp3) is 0.417. The molecule has 0 saturated carbocycles. The van der Waals surface area contributed by atoms with Crippen LogP contribution in [0.1, 0.15) is 29.1 Å². The molecule has 2 heterocycles. The predicted octanol–water partition coefficient (Wildman–Crippen LogP) is 3.40. The first-order chi connectivity index (χ1) is 8.08. The lowest BCUT2D eigenvalue weighted by atomic mass is 10.2. The first-order valence-electron chi connectivity index (χ1n) is 5.54. The smallest absolute Gasteiger partial charge is 0.0701 e. The summed E-state index contributed by atoms with van der Waals surface area (Å²) in [6.45, 7) is 5.14. The lowest BCUT2D eigenvalue weighted by Gasteiger charge is -2.11. The van der Waals surface area contributed by atoms with Gasteiger partial charge in [-0.2, -0.15) is 5.10 Å². The number of nitrogens with zero attached hydrogens (tertiary/aromatic N) is 2. The van der Waals surface area contributed by atoms with Crippen LogP contribution in [0.15, 0.2) is 22.1 Å². The van der Waals surface area contributed by atoms with Gasteiger partial charge in [-0.25, -0.2) is 0 Å². The number of thiophene rings is 1. The Bertz CT molecular complexity index is 504. The monoisotopic (exact) mass is 313 g/mol. The van der Waals surface area contributed by atoms with Gasteiger partial charge in [0.15, 0.2) is 0 Å². The molecule has 0 fully saturated rings. The number of hydrogen-bond acceptors (Lipinski definition) is 3. The maximum atomic E-state index is 4.24. The van der Waals surface area contributed by atoms with Crippen molar-refractivity contribution in [1.29, 1.82) is 0 Å². The van der Waals surface area contributed by atoms with Crippen molar-refractivity contribution in [1.82, 2.24) is 15.1 Å². The summed E-state index contributed by atoms with van der Waals surface area (Å²) < 4.78 is 3.09. The van der Waals surface area contributed by atoms with Crippen molar-refractivity contribution in [2.24, 2.45) is 7.05 Å². The summed E-state index contributed by atoms with van der Waals surface area (Å²) in [6.07, 6.45) is 1.93. The largest absolute Gasteiger partial charge is 0.305 e. The third-order valence-corrected chi connectivity index (χ3v) is 4.76. The van der Waals surface area contributed by atoms with E-state index in [1.54, 1.807) is 11.3 Å². The molecule has 3 nitrogen and oxygen atoms in total. The molecule has 0 aliphatic rings. The zero-order valence-corrected chi connectivity index (χ0v) is 12.6. The minimum Gasteiger partial charge on any atom is -0.305 e. The molecule has 0 aliphatic carbocycles. The molecule has 0 radical (unpaired) electrons. The number of aromatic nitrogens is 2. The van der Waals surface area contributed by atoms with Crippen molar-refractivity contribution in [3.63, 3.8) is 0 Å². The highest BCUT2D eigenvalue weighted by Gasteiger charge is 2.09. The van der Waals surface area contributed by atoms with Crippen LogP contribution in [-0.2, 0) is 13.6 Å². The summed E-state index contributed by atoms with van der Waals surface area (Å²) in [4.78, 5) is 1.35. The Kier molecular flexibility index (Phi) is 4.01. The van der Waals surface area contributed by atoms with Crippen LogP contribution in [0.2, 0.25) is 0 Å². The fourth-order valence-corrected chi connectivity index (χ4v) is 3.09. The molecule has 92 valence electrons. The van der Waals surface area contributed by atoms with E-state index >= 15 is 0 Å². The number of nitrogens with one attached hydrogen (secondary N) is 1. The van der Waals surface area contributed by atoms with E-state index in [-0.39, 0.29) is 0 Å². The molecule has 0 saturated heterocycles. The summed E-state index contributed by atoms with van der Waals surface area (Å²) in [7, 11) is 1.97. The normalized spacial score (nSPS) is 12.9. The van der Waals surface area contributed by atoms with E-state index in [0.717, 1.165) is 6.54 Å². The molecule has 2 rings (SSSR count). The quantitative estimate of drug-likeness (QED) is 0.937. The van der Waals surface area contributed by atoms with Crippen molar-refractivity contribution in [2.45, 2.75) is 26.4 Å². The van der Waals surface area contributed by atoms with Crippen molar-refractivity contribution in [3.05, 3.63) is 38.3 Å². The highest BCUT2D eigenvalue weighted by Crippen LogP contribution is 2.27. The molecule has 0 amide bonds. The van der Waals surface area contributed by atoms with E-state index in [0.29, 0.717) is 6.04 Å². The maximum absolute atomic E-state index is 4.24. The second-order valence-electron chi connectivity index (χ2n) is 4.12. The minimum atomic E-state index is 0.367. The summed E-state index contributed by atoms with van der Waals surface area (Å²) in [5.41, 5.74) is 2.48. The van der Waals surface area contributed by atoms with Gasteiger partial charge in [-0.05, 0) is 41.9 Å². The standard InChI is InChI=1S/C12H16BrN3S/c1-8(11-4-5-12(13)17-11)14-6-10-7-15-16(3)9(10)2/h4-5,7-8,14H,6H2,1-3H3. The van der Waals surface area contributed by atoms with Crippen LogP contribution < -0.4 is 5.32 Å². The molecule has 0 aliphatic heterocycles. The Morgan fingerprint density at radius 2 is 2.29 bits per heavy atom. The second kappa shape index (κ2) is 5.33. The molecule has 1 atom stereocenters. The van der Waals surface area contributed by atoms with Gasteiger partial charge in [0.25, 0.3) is 0 Å². The zero-order valence-electron chi connectivity index (χ0n) is 10.2. The van der Waals surface area contributed by atoms with Crippen LogP contribution in [0, 0.1) is 6.92 Å². The second-order valence-corrected chi connectivity index (χ2v) is 6.62. The summed E-state index contributed by atoms with van der Waals surface area (Å²) in [5.74, 6) is 0. The molecular weight excluding hydrogens is 298 g/mol. The van der Waals surface area contributed by atoms with E-state index < -0.39 is 0 Å². The van der Waals surface area contributed by atoms with Gasteiger partial charge in [-0.3, -0.25) is 4.68 Å². The molecule has 1 N–H and O–H groups in total. The van der Waals surface area contributed by atoms with Crippen molar-refractivity contribution in [3.8, 4) is 0 Å². The Hall–Kier alpha value is -0.650.